The lowest BCUT2D eigenvalue weighted by Crippen LogP contribution is -2.05. The van der Waals surface area contributed by atoms with Crippen molar-refractivity contribution in [3.8, 4) is 0 Å². The van der Waals surface area contributed by atoms with Gasteiger partial charge in [0.05, 0.1) is 12.0 Å². The summed E-state index contributed by atoms with van der Waals surface area (Å²) in [5.41, 5.74) is 7.77. The number of rotatable bonds is 3. The minimum Gasteiger partial charge on any atom is -0.348 e. The zero-order chi connectivity index (χ0) is 8.27. The minimum atomic E-state index is 0.489. The van der Waals surface area contributed by atoms with E-state index >= 15 is 0 Å². The van der Waals surface area contributed by atoms with Crippen LogP contribution >= 0.6 is 0 Å². The van der Waals surface area contributed by atoms with Crippen molar-refractivity contribution in [2.75, 3.05) is 6.54 Å². The van der Waals surface area contributed by atoms with Gasteiger partial charge in [-0.2, -0.15) is 0 Å². The molecule has 62 valence electrons. The highest BCUT2D eigenvalue weighted by Crippen LogP contribution is 2.14. The van der Waals surface area contributed by atoms with E-state index in [1.165, 1.54) is 5.69 Å². The Labute approximate surface area is 67.0 Å². The summed E-state index contributed by atoms with van der Waals surface area (Å²) in [6, 6.07) is 0. The maximum Gasteiger partial charge on any atom is 0.0925 e. The Hall–Kier alpha value is -0.830. The van der Waals surface area contributed by atoms with Crippen molar-refractivity contribution in [2.45, 2.75) is 26.2 Å². The molecule has 0 spiro atoms. The molecule has 0 aliphatic carbocycles. The zero-order valence-electron chi connectivity index (χ0n) is 7.09. The number of hydrogen-bond acceptors (Lipinski definition) is 2. The molecule has 1 heterocycles. The first-order chi connectivity index (χ1) is 5.25. The largest absolute Gasteiger partial charge is 0.348 e. The van der Waals surface area contributed by atoms with Gasteiger partial charge in [0.1, 0.15) is 0 Å². The minimum absolute atomic E-state index is 0.489. The quantitative estimate of drug-likeness (QED) is 0.681. The van der Waals surface area contributed by atoms with Crippen molar-refractivity contribution in [3.05, 3.63) is 17.7 Å². The topological polar surface area (TPSA) is 54.7 Å². The number of imidazole rings is 1. The summed E-state index contributed by atoms with van der Waals surface area (Å²) in [6.07, 6.45) is 2.63. The molecule has 0 aromatic carbocycles. The van der Waals surface area contributed by atoms with Gasteiger partial charge in [-0.1, -0.05) is 13.8 Å². The lowest BCUT2D eigenvalue weighted by Gasteiger charge is -2.03. The van der Waals surface area contributed by atoms with Gasteiger partial charge in [-0.05, 0) is 12.5 Å². The van der Waals surface area contributed by atoms with E-state index in [9.17, 15) is 0 Å². The highest BCUT2D eigenvalue weighted by atomic mass is 14.9. The van der Waals surface area contributed by atoms with Crippen LogP contribution < -0.4 is 5.73 Å². The Morgan fingerprint density at radius 2 is 2.36 bits per heavy atom. The van der Waals surface area contributed by atoms with E-state index in [0.717, 1.165) is 12.1 Å². The second kappa shape index (κ2) is 3.53. The molecule has 0 aliphatic rings. The molecule has 3 nitrogen and oxygen atoms in total. The summed E-state index contributed by atoms with van der Waals surface area (Å²) in [6.45, 7) is 4.95. The normalized spacial score (nSPS) is 10.9. The molecular formula is C8H15N3. The number of H-pyrrole nitrogens is 1. The number of hydrogen-bond donors (Lipinski definition) is 2. The molecule has 0 bridgehead atoms. The molecule has 3 heteroatoms. The maximum atomic E-state index is 5.44. The third kappa shape index (κ3) is 1.80. The van der Waals surface area contributed by atoms with Crippen molar-refractivity contribution < 1.29 is 0 Å². The monoisotopic (exact) mass is 153 g/mol. The van der Waals surface area contributed by atoms with Crippen molar-refractivity contribution in [1.29, 1.82) is 0 Å². The maximum absolute atomic E-state index is 5.44. The standard InChI is InChI=1S/C8H15N3/c1-6(2)8-7(3-4-9)10-5-11-8/h5-6H,3-4,9H2,1-2H3,(H,10,11). The summed E-state index contributed by atoms with van der Waals surface area (Å²) >= 11 is 0. The second-order valence-electron chi connectivity index (χ2n) is 2.96. The predicted molar refractivity (Wildman–Crippen MR) is 45.4 cm³/mol. The van der Waals surface area contributed by atoms with Crippen LogP contribution in [-0.2, 0) is 6.42 Å². The second-order valence-corrected chi connectivity index (χ2v) is 2.96. The Balaban J connectivity index is 2.78. The van der Waals surface area contributed by atoms with Crippen LogP contribution in [0.5, 0.6) is 0 Å². The fourth-order valence-electron chi connectivity index (χ4n) is 1.17. The van der Waals surface area contributed by atoms with Crippen LogP contribution in [0.1, 0.15) is 31.2 Å². The molecule has 0 unspecified atom stereocenters. The van der Waals surface area contributed by atoms with E-state index in [0.29, 0.717) is 12.5 Å². The van der Waals surface area contributed by atoms with Gasteiger partial charge in [0.15, 0.2) is 0 Å². The predicted octanol–water partition coefficient (Wildman–Crippen LogP) is 1.03. The van der Waals surface area contributed by atoms with E-state index in [1.807, 2.05) is 0 Å². The van der Waals surface area contributed by atoms with Gasteiger partial charge in [-0.15, -0.1) is 0 Å². The van der Waals surface area contributed by atoms with Crippen LogP contribution in [0, 0.1) is 0 Å². The third-order valence-corrected chi connectivity index (χ3v) is 1.69. The summed E-state index contributed by atoms with van der Waals surface area (Å²) in [5.74, 6) is 0.489. The van der Waals surface area contributed by atoms with E-state index < -0.39 is 0 Å². The molecule has 0 saturated carbocycles. The van der Waals surface area contributed by atoms with Gasteiger partial charge in [0.25, 0.3) is 0 Å². The fourth-order valence-corrected chi connectivity index (χ4v) is 1.17. The molecule has 0 atom stereocenters. The number of aromatic amines is 1. The molecule has 0 saturated heterocycles. The van der Waals surface area contributed by atoms with E-state index in [4.69, 9.17) is 5.73 Å². The first-order valence-electron chi connectivity index (χ1n) is 3.98. The molecule has 1 rings (SSSR count). The number of nitrogens with one attached hydrogen (secondary N) is 1. The van der Waals surface area contributed by atoms with E-state index in [2.05, 4.69) is 23.8 Å². The molecular weight excluding hydrogens is 138 g/mol. The van der Waals surface area contributed by atoms with Crippen LogP contribution in [0.3, 0.4) is 0 Å². The highest BCUT2D eigenvalue weighted by molar-refractivity contribution is 5.14. The van der Waals surface area contributed by atoms with Crippen molar-refractivity contribution >= 4 is 0 Å². The Bertz CT molecular complexity index is 215. The number of nitrogens with zero attached hydrogens (tertiary/aromatic N) is 1. The van der Waals surface area contributed by atoms with Crippen LogP contribution in [-0.4, -0.2) is 16.5 Å². The smallest absolute Gasteiger partial charge is 0.0925 e. The van der Waals surface area contributed by atoms with E-state index in [-0.39, 0.29) is 0 Å². The number of nitrogens with two attached hydrogens (primary N) is 1. The van der Waals surface area contributed by atoms with Gasteiger partial charge in [0, 0.05) is 12.1 Å². The molecule has 1 aromatic heterocycles. The third-order valence-electron chi connectivity index (χ3n) is 1.69. The van der Waals surface area contributed by atoms with Crippen molar-refractivity contribution in [3.63, 3.8) is 0 Å². The average Bonchev–Trinajstić information content (AvgIpc) is 2.36. The van der Waals surface area contributed by atoms with Crippen LogP contribution in [0.15, 0.2) is 6.33 Å². The first-order valence-corrected chi connectivity index (χ1v) is 3.98. The Kier molecular flexibility index (Phi) is 2.65. The van der Waals surface area contributed by atoms with Gasteiger partial charge in [-0.3, -0.25) is 0 Å². The van der Waals surface area contributed by atoms with Gasteiger partial charge in [-0.25, -0.2) is 4.98 Å². The summed E-state index contributed by atoms with van der Waals surface area (Å²) in [5, 5.41) is 0. The fraction of sp³-hybridized carbons (Fsp3) is 0.625. The molecule has 0 fully saturated rings. The summed E-state index contributed by atoms with van der Waals surface area (Å²) in [7, 11) is 0. The summed E-state index contributed by atoms with van der Waals surface area (Å²) in [4.78, 5) is 7.32. The van der Waals surface area contributed by atoms with Gasteiger partial charge < -0.3 is 10.7 Å². The van der Waals surface area contributed by atoms with Crippen molar-refractivity contribution in [1.82, 2.24) is 9.97 Å². The average molecular weight is 153 g/mol. The molecule has 1 aromatic rings. The van der Waals surface area contributed by atoms with Crippen LogP contribution in [0.25, 0.3) is 0 Å². The lowest BCUT2D eigenvalue weighted by molar-refractivity contribution is 0.799. The van der Waals surface area contributed by atoms with Crippen LogP contribution in [0.2, 0.25) is 0 Å². The van der Waals surface area contributed by atoms with Crippen molar-refractivity contribution in [2.24, 2.45) is 5.73 Å². The lowest BCUT2D eigenvalue weighted by atomic mass is 10.1. The van der Waals surface area contributed by atoms with Gasteiger partial charge in [0.2, 0.25) is 0 Å². The van der Waals surface area contributed by atoms with E-state index in [1.54, 1.807) is 6.33 Å². The SMILES string of the molecule is CC(C)c1nc[nH]c1CCN. The Morgan fingerprint density at radius 1 is 1.64 bits per heavy atom. The first kappa shape index (κ1) is 8.27. The molecule has 0 aliphatic heterocycles. The molecule has 0 amide bonds. The van der Waals surface area contributed by atoms with Crippen LogP contribution in [0.4, 0.5) is 0 Å². The highest BCUT2D eigenvalue weighted by Gasteiger charge is 2.07. The number of aromatic nitrogens is 2. The molecule has 0 radical (unpaired) electrons. The summed E-state index contributed by atoms with van der Waals surface area (Å²) < 4.78 is 0. The van der Waals surface area contributed by atoms with Gasteiger partial charge >= 0.3 is 0 Å². The Morgan fingerprint density at radius 3 is 2.91 bits per heavy atom. The zero-order valence-corrected chi connectivity index (χ0v) is 7.09. The molecule has 3 N–H and O–H groups in total. The molecule has 11 heavy (non-hydrogen) atoms.